The maximum absolute atomic E-state index is 5.85. The first kappa shape index (κ1) is 16.7. The zero-order valence-electron chi connectivity index (χ0n) is 15.3. The van der Waals surface area contributed by atoms with Crippen LogP contribution in [-0.4, -0.2) is 54.8 Å². The van der Waals surface area contributed by atoms with Crippen LogP contribution < -0.4 is 4.90 Å². The fourth-order valence-electron chi connectivity index (χ4n) is 3.26. The normalized spacial score (nSPS) is 16.8. The van der Waals surface area contributed by atoms with E-state index >= 15 is 0 Å². The number of hydrogen-bond donors (Lipinski definition) is 0. The third-order valence-electron chi connectivity index (χ3n) is 4.58. The molecule has 136 valence electrons. The number of ether oxygens (including phenoxy) is 1. The van der Waals surface area contributed by atoms with Crippen LogP contribution in [0, 0.1) is 0 Å². The Labute approximate surface area is 152 Å². The monoisotopic (exact) mass is 353 g/mol. The van der Waals surface area contributed by atoms with Gasteiger partial charge in [0, 0.05) is 32.5 Å². The molecule has 1 aliphatic rings. The van der Waals surface area contributed by atoms with E-state index in [1.165, 1.54) is 0 Å². The van der Waals surface area contributed by atoms with Gasteiger partial charge in [0.2, 0.25) is 5.95 Å². The van der Waals surface area contributed by atoms with Crippen LogP contribution in [0.4, 0.5) is 5.95 Å². The van der Waals surface area contributed by atoms with E-state index in [1.807, 2.05) is 36.0 Å². The number of aryl methyl sites for hydroxylation is 1. The van der Waals surface area contributed by atoms with Crippen molar-refractivity contribution in [1.29, 1.82) is 0 Å². The van der Waals surface area contributed by atoms with Crippen LogP contribution in [0.25, 0.3) is 11.5 Å². The quantitative estimate of drug-likeness (QED) is 0.711. The van der Waals surface area contributed by atoms with Gasteiger partial charge in [-0.2, -0.15) is 5.10 Å². The number of rotatable bonds is 4. The fourth-order valence-corrected chi connectivity index (χ4v) is 3.26. The van der Waals surface area contributed by atoms with Gasteiger partial charge in [-0.05, 0) is 32.0 Å². The van der Waals surface area contributed by atoms with Crippen molar-refractivity contribution in [3.8, 4) is 11.5 Å². The Morgan fingerprint density at radius 3 is 2.73 bits per heavy atom. The van der Waals surface area contributed by atoms with Gasteiger partial charge >= 0.3 is 0 Å². The molecule has 0 bridgehead atoms. The summed E-state index contributed by atoms with van der Waals surface area (Å²) in [4.78, 5) is 6.69. The Kier molecular flexibility index (Phi) is 4.20. The van der Waals surface area contributed by atoms with E-state index in [-0.39, 0.29) is 5.60 Å². The zero-order chi connectivity index (χ0) is 18.1. The Bertz CT molecular complexity index is 884. The summed E-state index contributed by atoms with van der Waals surface area (Å²) in [5.41, 5.74) is 1.67. The topological polar surface area (TPSA) is 73.9 Å². The minimum Gasteiger partial charge on any atom is -0.372 e. The number of hydrogen-bond acceptors (Lipinski definition) is 6. The van der Waals surface area contributed by atoms with Crippen molar-refractivity contribution < 1.29 is 4.74 Å². The van der Waals surface area contributed by atoms with Gasteiger partial charge < -0.3 is 9.64 Å². The van der Waals surface area contributed by atoms with Gasteiger partial charge in [-0.15, -0.1) is 10.2 Å². The molecule has 8 heteroatoms. The van der Waals surface area contributed by atoms with Crippen LogP contribution in [0.15, 0.2) is 36.7 Å². The van der Waals surface area contributed by atoms with Gasteiger partial charge in [0.1, 0.15) is 5.69 Å². The molecule has 0 N–H and O–H groups in total. The second kappa shape index (κ2) is 6.53. The molecule has 3 aromatic rings. The number of pyridine rings is 1. The lowest BCUT2D eigenvalue weighted by molar-refractivity contribution is -0.0283. The first-order valence-electron chi connectivity index (χ1n) is 8.74. The maximum Gasteiger partial charge on any atom is 0.228 e. The molecule has 8 nitrogen and oxygen atoms in total. The largest absolute Gasteiger partial charge is 0.372 e. The lowest BCUT2D eigenvalue weighted by atomic mass is 10.1. The lowest BCUT2D eigenvalue weighted by Crippen LogP contribution is -2.49. The number of morpholine rings is 1. The molecule has 1 saturated heterocycles. The van der Waals surface area contributed by atoms with Crippen molar-refractivity contribution in [2.75, 3.05) is 24.6 Å². The van der Waals surface area contributed by atoms with Crippen LogP contribution in [0.2, 0.25) is 0 Å². The van der Waals surface area contributed by atoms with E-state index in [4.69, 9.17) is 4.74 Å². The molecule has 4 heterocycles. The summed E-state index contributed by atoms with van der Waals surface area (Å²) in [7, 11) is 1.94. The average Bonchev–Trinajstić information content (AvgIpc) is 3.22. The second-order valence-electron chi connectivity index (χ2n) is 7.10. The van der Waals surface area contributed by atoms with E-state index in [9.17, 15) is 0 Å². The van der Waals surface area contributed by atoms with Gasteiger partial charge in [0.25, 0.3) is 0 Å². The van der Waals surface area contributed by atoms with Crippen molar-refractivity contribution in [2.24, 2.45) is 7.05 Å². The summed E-state index contributed by atoms with van der Waals surface area (Å²) in [6.45, 7) is 7.04. The van der Waals surface area contributed by atoms with Gasteiger partial charge in [-0.3, -0.25) is 14.2 Å². The summed E-state index contributed by atoms with van der Waals surface area (Å²) in [6, 6.07) is 7.83. The molecule has 3 aromatic heterocycles. The van der Waals surface area contributed by atoms with Crippen LogP contribution >= 0.6 is 0 Å². The third-order valence-corrected chi connectivity index (χ3v) is 4.58. The van der Waals surface area contributed by atoms with Crippen molar-refractivity contribution in [1.82, 2.24) is 29.5 Å². The standard InChI is InChI=1S/C18H23N7O/c1-18(2)13-24(10-11-26-18)17-22-21-16(15-6-4-5-8-19-15)25(17)12-14-7-9-20-23(14)3/h4-9H,10-13H2,1-3H3. The predicted molar refractivity (Wildman–Crippen MR) is 97.8 cm³/mol. The number of aromatic nitrogens is 6. The molecule has 1 fully saturated rings. The Morgan fingerprint density at radius 2 is 2.04 bits per heavy atom. The van der Waals surface area contributed by atoms with Crippen LogP contribution in [0.3, 0.4) is 0 Å². The molecule has 0 aromatic carbocycles. The molecule has 4 rings (SSSR count). The maximum atomic E-state index is 5.85. The number of anilines is 1. The molecule has 0 saturated carbocycles. The molecule has 0 amide bonds. The van der Waals surface area contributed by atoms with Gasteiger partial charge in [0.05, 0.1) is 24.4 Å². The van der Waals surface area contributed by atoms with Crippen LogP contribution in [0.1, 0.15) is 19.5 Å². The van der Waals surface area contributed by atoms with Gasteiger partial charge in [-0.25, -0.2) is 0 Å². The lowest BCUT2D eigenvalue weighted by Gasteiger charge is -2.38. The summed E-state index contributed by atoms with van der Waals surface area (Å²) >= 11 is 0. The smallest absolute Gasteiger partial charge is 0.228 e. The Hall–Kier alpha value is -2.74. The second-order valence-corrected chi connectivity index (χ2v) is 7.10. The summed E-state index contributed by atoms with van der Waals surface area (Å²) < 4.78 is 9.83. The SMILES string of the molecule is Cn1nccc1Cn1c(-c2ccccn2)nnc1N1CCOC(C)(C)C1. The predicted octanol–water partition coefficient (Wildman–Crippen LogP) is 1.74. The van der Waals surface area contributed by atoms with Gasteiger partial charge in [-0.1, -0.05) is 6.07 Å². The molecular weight excluding hydrogens is 330 g/mol. The first-order chi connectivity index (χ1) is 12.5. The molecule has 0 atom stereocenters. The van der Waals surface area contributed by atoms with Crippen molar-refractivity contribution >= 4 is 5.95 Å². The minimum atomic E-state index is -0.216. The average molecular weight is 353 g/mol. The molecule has 0 aliphatic carbocycles. The third kappa shape index (κ3) is 3.20. The van der Waals surface area contributed by atoms with Crippen molar-refractivity contribution in [3.05, 3.63) is 42.4 Å². The van der Waals surface area contributed by atoms with Crippen LogP contribution in [-0.2, 0) is 18.3 Å². The molecule has 26 heavy (non-hydrogen) atoms. The van der Waals surface area contributed by atoms with Crippen molar-refractivity contribution in [2.45, 2.75) is 26.0 Å². The Morgan fingerprint density at radius 1 is 1.15 bits per heavy atom. The summed E-state index contributed by atoms with van der Waals surface area (Å²) in [5.74, 6) is 1.59. The summed E-state index contributed by atoms with van der Waals surface area (Å²) in [5, 5.41) is 13.2. The van der Waals surface area contributed by atoms with E-state index in [2.05, 4.69) is 43.6 Å². The highest BCUT2D eigenvalue weighted by molar-refractivity contribution is 5.53. The highest BCUT2D eigenvalue weighted by Crippen LogP contribution is 2.26. The highest BCUT2D eigenvalue weighted by Gasteiger charge is 2.31. The van der Waals surface area contributed by atoms with E-state index in [0.717, 1.165) is 36.3 Å². The first-order valence-corrected chi connectivity index (χ1v) is 8.74. The van der Waals surface area contributed by atoms with E-state index < -0.39 is 0 Å². The van der Waals surface area contributed by atoms with Crippen LogP contribution in [0.5, 0.6) is 0 Å². The Balaban J connectivity index is 1.76. The molecule has 0 spiro atoms. The zero-order valence-corrected chi connectivity index (χ0v) is 15.3. The minimum absolute atomic E-state index is 0.216. The van der Waals surface area contributed by atoms with E-state index in [0.29, 0.717) is 13.2 Å². The van der Waals surface area contributed by atoms with E-state index in [1.54, 1.807) is 12.4 Å². The summed E-state index contributed by atoms with van der Waals surface area (Å²) in [6.07, 6.45) is 3.58. The fraction of sp³-hybridized carbons (Fsp3) is 0.444. The highest BCUT2D eigenvalue weighted by atomic mass is 16.5. The number of nitrogens with zero attached hydrogens (tertiary/aromatic N) is 7. The van der Waals surface area contributed by atoms with Crippen molar-refractivity contribution in [3.63, 3.8) is 0 Å². The molecule has 1 aliphatic heterocycles. The molecular formula is C18H23N7O. The van der Waals surface area contributed by atoms with Gasteiger partial charge in [0.15, 0.2) is 5.82 Å². The molecule has 0 unspecified atom stereocenters. The molecule has 0 radical (unpaired) electrons.